The fourth-order valence-corrected chi connectivity index (χ4v) is 1.75. The summed E-state index contributed by atoms with van der Waals surface area (Å²) in [6.07, 6.45) is 0. The number of nitrogens with two attached hydrogens (primary N) is 1. The quantitative estimate of drug-likeness (QED) is 0.920. The van der Waals surface area contributed by atoms with Crippen molar-refractivity contribution in [1.29, 1.82) is 0 Å². The van der Waals surface area contributed by atoms with E-state index in [9.17, 15) is 4.79 Å². The summed E-state index contributed by atoms with van der Waals surface area (Å²) in [5.74, 6) is 0.134. The number of ether oxygens (including phenoxy) is 1. The second-order valence-electron chi connectivity index (χ2n) is 3.81. The lowest BCUT2D eigenvalue weighted by Crippen LogP contribution is -2.10. The Morgan fingerprint density at radius 1 is 1.17 bits per heavy atom. The number of carbonyl (C=O) groups is 1. The van der Waals surface area contributed by atoms with Crippen LogP contribution in [0.1, 0.15) is 15.9 Å². The predicted octanol–water partition coefficient (Wildman–Crippen LogP) is 3.02. The van der Waals surface area contributed by atoms with E-state index >= 15 is 0 Å². The zero-order valence-electron chi connectivity index (χ0n) is 9.60. The van der Waals surface area contributed by atoms with E-state index in [0.717, 1.165) is 5.56 Å². The average Bonchev–Trinajstić information content (AvgIpc) is 2.37. The normalized spacial score (nSPS) is 10.1. The number of halogens is 1. The molecule has 0 unspecified atom stereocenters. The number of carbonyl (C=O) groups excluding carboxylic acids is 1. The Bertz CT molecular complexity index is 569. The van der Waals surface area contributed by atoms with E-state index < -0.39 is 5.91 Å². The maximum Gasteiger partial charge on any atom is 0.248 e. The minimum atomic E-state index is -0.469. The van der Waals surface area contributed by atoms with Gasteiger partial charge in [-0.15, -0.1) is 0 Å². The molecule has 2 rings (SSSR count). The van der Waals surface area contributed by atoms with E-state index in [1.807, 2.05) is 18.2 Å². The van der Waals surface area contributed by atoms with Crippen molar-refractivity contribution in [3.63, 3.8) is 0 Å². The molecule has 2 N–H and O–H groups in total. The third-order valence-electron chi connectivity index (χ3n) is 2.41. The van der Waals surface area contributed by atoms with Crippen LogP contribution < -0.4 is 10.5 Å². The van der Waals surface area contributed by atoms with Crippen LogP contribution in [-0.2, 0) is 6.61 Å². The van der Waals surface area contributed by atoms with Gasteiger partial charge in [0.15, 0.2) is 0 Å². The van der Waals surface area contributed by atoms with E-state index in [1.165, 1.54) is 0 Å². The molecule has 0 saturated heterocycles. The van der Waals surface area contributed by atoms with Gasteiger partial charge >= 0.3 is 0 Å². The summed E-state index contributed by atoms with van der Waals surface area (Å²) in [5.41, 5.74) is 6.59. The highest BCUT2D eigenvalue weighted by Gasteiger charge is 2.02. The first kappa shape index (κ1) is 12.5. The van der Waals surface area contributed by atoms with Crippen molar-refractivity contribution >= 4 is 17.5 Å². The molecular formula is C14H12ClNO2. The van der Waals surface area contributed by atoms with E-state index in [2.05, 4.69) is 0 Å². The molecule has 18 heavy (non-hydrogen) atoms. The van der Waals surface area contributed by atoms with E-state index in [-0.39, 0.29) is 0 Å². The largest absolute Gasteiger partial charge is 0.489 e. The Morgan fingerprint density at radius 2 is 1.94 bits per heavy atom. The molecular weight excluding hydrogens is 250 g/mol. The summed E-state index contributed by atoms with van der Waals surface area (Å²) >= 11 is 5.88. The van der Waals surface area contributed by atoms with Gasteiger partial charge in [0, 0.05) is 10.6 Å². The molecule has 92 valence electrons. The highest BCUT2D eigenvalue weighted by molar-refractivity contribution is 6.30. The molecule has 2 aromatic rings. The highest BCUT2D eigenvalue weighted by atomic mass is 35.5. The maximum absolute atomic E-state index is 11.0. The molecule has 0 radical (unpaired) electrons. The summed E-state index contributed by atoms with van der Waals surface area (Å²) in [6, 6.07) is 14.2. The Balaban J connectivity index is 2.06. The van der Waals surface area contributed by atoms with Gasteiger partial charge in [0.2, 0.25) is 5.91 Å². The summed E-state index contributed by atoms with van der Waals surface area (Å²) in [7, 11) is 0. The van der Waals surface area contributed by atoms with Crippen LogP contribution in [0.3, 0.4) is 0 Å². The molecule has 0 saturated carbocycles. The zero-order valence-corrected chi connectivity index (χ0v) is 10.4. The summed E-state index contributed by atoms with van der Waals surface area (Å²) in [6.45, 7) is 0.392. The van der Waals surface area contributed by atoms with E-state index in [4.69, 9.17) is 22.1 Å². The van der Waals surface area contributed by atoms with Gasteiger partial charge in [0.1, 0.15) is 12.4 Å². The van der Waals surface area contributed by atoms with Gasteiger partial charge in [-0.1, -0.05) is 29.8 Å². The van der Waals surface area contributed by atoms with Crippen LogP contribution in [0.5, 0.6) is 5.75 Å². The average molecular weight is 262 g/mol. The Kier molecular flexibility index (Phi) is 3.85. The lowest BCUT2D eigenvalue weighted by Gasteiger charge is -2.07. The number of hydrogen-bond acceptors (Lipinski definition) is 2. The van der Waals surface area contributed by atoms with E-state index in [1.54, 1.807) is 30.3 Å². The van der Waals surface area contributed by atoms with Gasteiger partial charge in [-0.05, 0) is 35.9 Å². The van der Waals surface area contributed by atoms with Gasteiger partial charge in [-0.2, -0.15) is 0 Å². The monoisotopic (exact) mass is 261 g/mol. The number of hydrogen-bond donors (Lipinski definition) is 1. The first-order valence-electron chi connectivity index (χ1n) is 5.42. The standard InChI is InChI=1S/C14H12ClNO2/c15-12-5-1-3-10(7-12)9-18-13-6-2-4-11(8-13)14(16)17/h1-8H,9H2,(H2,16,17). The molecule has 0 spiro atoms. The summed E-state index contributed by atoms with van der Waals surface area (Å²) < 4.78 is 5.57. The number of rotatable bonds is 4. The van der Waals surface area contributed by atoms with Gasteiger partial charge in [-0.3, -0.25) is 4.79 Å². The molecule has 4 heteroatoms. The third kappa shape index (κ3) is 3.25. The Labute approximate surface area is 110 Å². The highest BCUT2D eigenvalue weighted by Crippen LogP contribution is 2.16. The van der Waals surface area contributed by atoms with Crippen LogP contribution in [0.2, 0.25) is 5.02 Å². The van der Waals surface area contributed by atoms with Crippen molar-refractivity contribution < 1.29 is 9.53 Å². The number of benzene rings is 2. The van der Waals surface area contributed by atoms with Crippen molar-refractivity contribution in [2.45, 2.75) is 6.61 Å². The number of amides is 1. The molecule has 2 aromatic carbocycles. The second kappa shape index (κ2) is 5.56. The molecule has 0 heterocycles. The summed E-state index contributed by atoms with van der Waals surface area (Å²) in [5, 5.41) is 0.669. The van der Waals surface area contributed by atoms with Gasteiger partial charge < -0.3 is 10.5 Å². The van der Waals surface area contributed by atoms with Crippen LogP contribution in [0.15, 0.2) is 48.5 Å². The van der Waals surface area contributed by atoms with E-state index in [0.29, 0.717) is 22.9 Å². The molecule has 0 bridgehead atoms. The Hall–Kier alpha value is -2.00. The molecule has 0 aliphatic carbocycles. The molecule has 0 aromatic heterocycles. The summed E-state index contributed by atoms with van der Waals surface area (Å²) in [4.78, 5) is 11.0. The molecule has 0 aliphatic rings. The smallest absolute Gasteiger partial charge is 0.248 e. The third-order valence-corrected chi connectivity index (χ3v) is 2.65. The SMILES string of the molecule is NC(=O)c1cccc(OCc2cccc(Cl)c2)c1. The van der Waals surface area contributed by atoms with Crippen molar-refractivity contribution in [3.05, 3.63) is 64.7 Å². The van der Waals surface area contributed by atoms with Gasteiger partial charge in [-0.25, -0.2) is 0 Å². The fraction of sp³-hybridized carbons (Fsp3) is 0.0714. The molecule has 0 atom stereocenters. The lowest BCUT2D eigenvalue weighted by molar-refractivity contribution is 0.1000. The van der Waals surface area contributed by atoms with Crippen LogP contribution in [0, 0.1) is 0 Å². The van der Waals surface area contributed by atoms with Crippen molar-refractivity contribution in [2.24, 2.45) is 5.73 Å². The minimum absolute atomic E-state index is 0.392. The van der Waals surface area contributed by atoms with Gasteiger partial charge in [0.05, 0.1) is 0 Å². The van der Waals surface area contributed by atoms with Gasteiger partial charge in [0.25, 0.3) is 0 Å². The fourth-order valence-electron chi connectivity index (χ4n) is 1.53. The molecule has 0 fully saturated rings. The first-order valence-corrected chi connectivity index (χ1v) is 5.80. The van der Waals surface area contributed by atoms with Crippen LogP contribution in [0.25, 0.3) is 0 Å². The maximum atomic E-state index is 11.0. The number of primary amides is 1. The van der Waals surface area contributed by atoms with Crippen LogP contribution >= 0.6 is 11.6 Å². The van der Waals surface area contributed by atoms with Crippen molar-refractivity contribution in [3.8, 4) is 5.75 Å². The van der Waals surface area contributed by atoms with Crippen molar-refractivity contribution in [1.82, 2.24) is 0 Å². The second-order valence-corrected chi connectivity index (χ2v) is 4.25. The molecule has 3 nitrogen and oxygen atoms in total. The van der Waals surface area contributed by atoms with Crippen molar-refractivity contribution in [2.75, 3.05) is 0 Å². The Morgan fingerprint density at radius 3 is 2.67 bits per heavy atom. The predicted molar refractivity (Wildman–Crippen MR) is 70.7 cm³/mol. The molecule has 1 amide bonds. The zero-order chi connectivity index (χ0) is 13.0. The minimum Gasteiger partial charge on any atom is -0.489 e. The van der Waals surface area contributed by atoms with Crippen LogP contribution in [0.4, 0.5) is 0 Å². The molecule has 0 aliphatic heterocycles. The lowest BCUT2D eigenvalue weighted by atomic mass is 10.2. The first-order chi connectivity index (χ1) is 8.65. The topological polar surface area (TPSA) is 52.3 Å². The van der Waals surface area contributed by atoms with Crippen LogP contribution in [-0.4, -0.2) is 5.91 Å².